The van der Waals surface area contributed by atoms with Gasteiger partial charge in [-0.3, -0.25) is 0 Å². The molecule has 2 aromatic rings. The minimum Gasteiger partial charge on any atom is -0.331 e. The van der Waals surface area contributed by atoms with Gasteiger partial charge in [0.05, 0.1) is 6.04 Å². The highest BCUT2D eigenvalue weighted by molar-refractivity contribution is 7.97. The Morgan fingerprint density at radius 1 is 1.13 bits per heavy atom. The van der Waals surface area contributed by atoms with Gasteiger partial charge in [0, 0.05) is 48.4 Å². The van der Waals surface area contributed by atoms with Crippen molar-refractivity contribution in [3.8, 4) is 0 Å². The second kappa shape index (κ2) is 10.7. The minimum atomic E-state index is -0.653. The highest BCUT2D eigenvalue weighted by Gasteiger charge is 2.19. The maximum absolute atomic E-state index is 14.2. The third-order valence-electron chi connectivity index (χ3n) is 5.01. The predicted molar refractivity (Wildman–Crippen MR) is 118 cm³/mol. The summed E-state index contributed by atoms with van der Waals surface area (Å²) in [6.07, 6.45) is 1.30. The summed E-state index contributed by atoms with van der Waals surface area (Å²) in [5, 5.41) is 5.64. The molecule has 0 saturated carbocycles. The molecular weight excluding hydrogens is 406 g/mol. The lowest BCUT2D eigenvalue weighted by Crippen LogP contribution is -2.40. The van der Waals surface area contributed by atoms with Crippen LogP contribution in [0.4, 0.5) is 19.3 Å². The first-order valence-electron chi connectivity index (χ1n) is 10.2. The van der Waals surface area contributed by atoms with Crippen LogP contribution in [0.5, 0.6) is 0 Å². The molecule has 1 atom stereocenters. The van der Waals surface area contributed by atoms with Crippen molar-refractivity contribution in [2.24, 2.45) is 0 Å². The van der Waals surface area contributed by atoms with Crippen molar-refractivity contribution in [1.29, 1.82) is 0 Å². The van der Waals surface area contributed by atoms with Gasteiger partial charge >= 0.3 is 6.03 Å². The number of hydrogen-bond acceptors (Lipinski definition) is 4. The fraction of sp³-hybridized carbons (Fsp3) is 0.409. The first-order valence-corrected chi connectivity index (χ1v) is 11.0. The standard InChI is InChI=1S/C22H28F2N4OS/c1-3-5-21(19-9-8-16(23)14-20(19)24)26-22(29)25-17-6-4-7-18(15-17)30-28-12-10-27(2)11-13-28/h4,6-9,14-15,21H,3,5,10-13H2,1-2H3,(H2,25,26,29). The molecule has 1 fully saturated rings. The number of amides is 2. The highest BCUT2D eigenvalue weighted by atomic mass is 32.2. The monoisotopic (exact) mass is 434 g/mol. The third kappa shape index (κ3) is 6.42. The number of carbonyl (C=O) groups is 1. The topological polar surface area (TPSA) is 47.6 Å². The predicted octanol–water partition coefficient (Wildman–Crippen LogP) is 4.88. The van der Waals surface area contributed by atoms with Crippen molar-refractivity contribution in [2.75, 3.05) is 38.5 Å². The molecule has 30 heavy (non-hydrogen) atoms. The molecule has 3 rings (SSSR count). The first-order chi connectivity index (χ1) is 14.4. The summed E-state index contributed by atoms with van der Waals surface area (Å²) in [5.74, 6) is -1.29. The first kappa shape index (κ1) is 22.5. The van der Waals surface area contributed by atoms with Crippen molar-refractivity contribution in [3.63, 3.8) is 0 Å². The van der Waals surface area contributed by atoms with E-state index in [1.165, 1.54) is 12.1 Å². The molecule has 1 aliphatic heterocycles. The van der Waals surface area contributed by atoms with Gasteiger partial charge < -0.3 is 15.5 Å². The van der Waals surface area contributed by atoms with Crippen LogP contribution in [0.2, 0.25) is 0 Å². The second-order valence-corrected chi connectivity index (χ2v) is 8.63. The van der Waals surface area contributed by atoms with Crippen LogP contribution in [0.15, 0.2) is 47.4 Å². The van der Waals surface area contributed by atoms with E-state index < -0.39 is 23.7 Å². The smallest absolute Gasteiger partial charge is 0.319 e. The van der Waals surface area contributed by atoms with Gasteiger partial charge in [-0.05, 0) is 49.7 Å². The molecule has 162 valence electrons. The third-order valence-corrected chi connectivity index (χ3v) is 6.10. The van der Waals surface area contributed by atoms with Gasteiger partial charge in [0.1, 0.15) is 11.6 Å². The number of piperazine rings is 1. The van der Waals surface area contributed by atoms with Crippen molar-refractivity contribution in [3.05, 3.63) is 59.7 Å². The zero-order valence-electron chi connectivity index (χ0n) is 17.3. The number of nitrogens with zero attached hydrogens (tertiary/aromatic N) is 2. The number of rotatable bonds is 7. The van der Waals surface area contributed by atoms with Gasteiger partial charge in [-0.1, -0.05) is 25.5 Å². The van der Waals surface area contributed by atoms with Crippen LogP contribution >= 0.6 is 11.9 Å². The van der Waals surface area contributed by atoms with Gasteiger partial charge in [-0.2, -0.15) is 0 Å². The van der Waals surface area contributed by atoms with Crippen LogP contribution in [0, 0.1) is 11.6 Å². The Morgan fingerprint density at radius 3 is 2.60 bits per heavy atom. The maximum Gasteiger partial charge on any atom is 0.319 e. The SMILES string of the molecule is CCCC(NC(=O)Nc1cccc(SN2CCN(C)CC2)c1)c1ccc(F)cc1F. The number of hydrogen-bond donors (Lipinski definition) is 2. The molecule has 2 aromatic carbocycles. The molecule has 0 aliphatic carbocycles. The zero-order valence-corrected chi connectivity index (χ0v) is 18.1. The van der Waals surface area contributed by atoms with E-state index in [1.807, 2.05) is 31.2 Å². The number of urea groups is 1. The van der Waals surface area contributed by atoms with Crippen molar-refractivity contribution in [2.45, 2.75) is 30.7 Å². The Hall–Kier alpha value is -2.16. The Balaban J connectivity index is 1.61. The van der Waals surface area contributed by atoms with Crippen LogP contribution < -0.4 is 10.6 Å². The molecule has 1 unspecified atom stereocenters. The molecule has 2 amide bonds. The van der Waals surface area contributed by atoms with E-state index in [9.17, 15) is 13.6 Å². The summed E-state index contributed by atoms with van der Waals surface area (Å²) in [5.41, 5.74) is 0.953. The molecule has 5 nitrogen and oxygen atoms in total. The Morgan fingerprint density at radius 2 is 1.90 bits per heavy atom. The van der Waals surface area contributed by atoms with Gasteiger partial charge in [-0.15, -0.1) is 0 Å². The fourth-order valence-corrected chi connectivity index (χ4v) is 4.33. The maximum atomic E-state index is 14.2. The van der Waals surface area contributed by atoms with Crippen molar-refractivity contribution in [1.82, 2.24) is 14.5 Å². The summed E-state index contributed by atoms with van der Waals surface area (Å²) in [4.78, 5) is 15.9. The molecule has 0 aromatic heterocycles. The van der Waals surface area contributed by atoms with E-state index in [2.05, 4.69) is 26.9 Å². The van der Waals surface area contributed by atoms with E-state index >= 15 is 0 Å². The molecule has 1 heterocycles. The van der Waals surface area contributed by atoms with Crippen LogP contribution in [0.25, 0.3) is 0 Å². The summed E-state index contributed by atoms with van der Waals surface area (Å²) in [7, 11) is 2.12. The van der Waals surface area contributed by atoms with Gasteiger partial charge in [-0.25, -0.2) is 17.9 Å². The molecular formula is C22H28F2N4OS. The summed E-state index contributed by atoms with van der Waals surface area (Å²) < 4.78 is 29.7. The van der Waals surface area contributed by atoms with E-state index in [1.54, 1.807) is 11.9 Å². The van der Waals surface area contributed by atoms with Crippen LogP contribution in [0.1, 0.15) is 31.4 Å². The minimum absolute atomic E-state index is 0.285. The second-order valence-electron chi connectivity index (χ2n) is 7.46. The summed E-state index contributed by atoms with van der Waals surface area (Å²) >= 11 is 1.68. The van der Waals surface area contributed by atoms with Crippen LogP contribution in [-0.2, 0) is 0 Å². The van der Waals surface area contributed by atoms with E-state index in [0.717, 1.165) is 43.6 Å². The number of nitrogens with one attached hydrogen (secondary N) is 2. The highest BCUT2D eigenvalue weighted by Crippen LogP contribution is 2.27. The number of likely N-dealkylation sites (N-methyl/N-ethyl adjacent to an activating group) is 1. The number of carbonyl (C=O) groups excluding carboxylic acids is 1. The Kier molecular flexibility index (Phi) is 8.07. The molecule has 1 aliphatic rings. The molecule has 0 spiro atoms. The zero-order chi connectivity index (χ0) is 21.5. The number of anilines is 1. The van der Waals surface area contributed by atoms with Crippen molar-refractivity contribution >= 4 is 23.7 Å². The van der Waals surface area contributed by atoms with E-state index in [-0.39, 0.29) is 5.56 Å². The number of benzene rings is 2. The van der Waals surface area contributed by atoms with Gasteiger partial charge in [0.2, 0.25) is 0 Å². The molecule has 1 saturated heterocycles. The van der Waals surface area contributed by atoms with Crippen LogP contribution in [0.3, 0.4) is 0 Å². The lowest BCUT2D eigenvalue weighted by atomic mass is 10.0. The van der Waals surface area contributed by atoms with E-state index in [4.69, 9.17) is 0 Å². The number of halogens is 2. The van der Waals surface area contributed by atoms with Crippen molar-refractivity contribution < 1.29 is 13.6 Å². The quantitative estimate of drug-likeness (QED) is 0.610. The Labute approximate surface area is 181 Å². The summed E-state index contributed by atoms with van der Waals surface area (Å²) in [6.45, 7) is 5.99. The Bertz CT molecular complexity index is 859. The van der Waals surface area contributed by atoms with Gasteiger partial charge in [0.15, 0.2) is 0 Å². The molecule has 8 heteroatoms. The van der Waals surface area contributed by atoms with Crippen LogP contribution in [-0.4, -0.2) is 48.5 Å². The van der Waals surface area contributed by atoms with E-state index in [0.29, 0.717) is 12.1 Å². The summed E-state index contributed by atoms with van der Waals surface area (Å²) in [6, 6.07) is 10.2. The average Bonchev–Trinajstić information content (AvgIpc) is 2.70. The lowest BCUT2D eigenvalue weighted by molar-refractivity contribution is 0.233. The fourth-order valence-electron chi connectivity index (χ4n) is 3.36. The molecule has 0 radical (unpaired) electrons. The largest absolute Gasteiger partial charge is 0.331 e. The van der Waals surface area contributed by atoms with Gasteiger partial charge in [0.25, 0.3) is 0 Å². The normalized spacial score (nSPS) is 16.3. The molecule has 2 N–H and O–H groups in total. The average molecular weight is 435 g/mol. The molecule has 0 bridgehead atoms. The lowest BCUT2D eigenvalue weighted by Gasteiger charge is -2.31.